The van der Waals surface area contributed by atoms with Crippen LogP contribution in [-0.4, -0.2) is 22.0 Å². The van der Waals surface area contributed by atoms with Gasteiger partial charge in [0.05, 0.1) is 5.56 Å². The van der Waals surface area contributed by atoms with Gasteiger partial charge in [-0.1, -0.05) is 18.2 Å². The van der Waals surface area contributed by atoms with Gasteiger partial charge in [-0.15, -0.1) is 0 Å². The fourth-order valence-corrected chi connectivity index (χ4v) is 1.85. The molecule has 0 aromatic heterocycles. The van der Waals surface area contributed by atoms with Crippen molar-refractivity contribution in [2.24, 2.45) is 0 Å². The molecule has 2 rings (SSSR count). The maximum atomic E-state index is 12.0. The first kappa shape index (κ1) is 14.5. The highest BCUT2D eigenvalue weighted by Gasteiger charge is 2.05. The second kappa shape index (κ2) is 6.05. The van der Waals surface area contributed by atoms with Crippen molar-refractivity contribution in [3.05, 3.63) is 70.8 Å². The summed E-state index contributed by atoms with van der Waals surface area (Å²) in [5.41, 5.74) is 1.90. The van der Waals surface area contributed by atoms with Crippen LogP contribution in [0.25, 0.3) is 6.08 Å². The average Bonchev–Trinajstić information content (AvgIpc) is 2.48. The lowest BCUT2D eigenvalue weighted by atomic mass is 10.1. The molecule has 0 aliphatic carbocycles. The molecule has 21 heavy (non-hydrogen) atoms. The number of hydrogen-bond acceptors (Lipinski definition) is 3. The standard InChI is InChI=1S/C17H14O4/c1-11-9-13(6-8-15(11)18)16(19)7-5-12-3-2-4-14(10-12)17(20)21/h2-10,18H,1H3,(H,20,21). The van der Waals surface area contributed by atoms with Crippen molar-refractivity contribution in [2.75, 3.05) is 0 Å². The van der Waals surface area contributed by atoms with Crippen LogP contribution in [0, 0.1) is 6.92 Å². The number of aryl methyl sites for hydroxylation is 1. The number of carboxylic acid groups (broad SMARTS) is 1. The number of phenols is 1. The zero-order valence-electron chi connectivity index (χ0n) is 11.4. The third-order valence-electron chi connectivity index (χ3n) is 3.04. The Morgan fingerprint density at radius 3 is 2.48 bits per heavy atom. The third-order valence-corrected chi connectivity index (χ3v) is 3.04. The predicted molar refractivity (Wildman–Crippen MR) is 79.6 cm³/mol. The summed E-state index contributed by atoms with van der Waals surface area (Å²) in [5.74, 6) is -1.07. The first-order valence-corrected chi connectivity index (χ1v) is 6.33. The summed E-state index contributed by atoms with van der Waals surface area (Å²) >= 11 is 0. The highest BCUT2D eigenvalue weighted by molar-refractivity contribution is 6.07. The molecule has 0 saturated carbocycles. The van der Waals surface area contributed by atoms with Gasteiger partial charge in [0.25, 0.3) is 0 Å². The van der Waals surface area contributed by atoms with Gasteiger partial charge in [0, 0.05) is 5.56 Å². The zero-order chi connectivity index (χ0) is 15.4. The quantitative estimate of drug-likeness (QED) is 0.666. The van der Waals surface area contributed by atoms with Crippen molar-refractivity contribution in [1.29, 1.82) is 0 Å². The number of aromatic carboxylic acids is 1. The minimum Gasteiger partial charge on any atom is -0.508 e. The molecule has 0 aliphatic rings. The summed E-state index contributed by atoms with van der Waals surface area (Å²) in [5, 5.41) is 18.3. The highest BCUT2D eigenvalue weighted by atomic mass is 16.4. The summed E-state index contributed by atoms with van der Waals surface area (Å²) < 4.78 is 0. The van der Waals surface area contributed by atoms with Crippen LogP contribution in [-0.2, 0) is 0 Å². The van der Waals surface area contributed by atoms with Crippen LogP contribution < -0.4 is 0 Å². The van der Waals surface area contributed by atoms with E-state index in [1.165, 1.54) is 24.3 Å². The number of carbonyl (C=O) groups excluding carboxylic acids is 1. The van der Waals surface area contributed by atoms with Crippen molar-refractivity contribution in [3.8, 4) is 5.75 Å². The number of hydrogen-bond donors (Lipinski definition) is 2. The van der Waals surface area contributed by atoms with Crippen LogP contribution >= 0.6 is 0 Å². The number of carboxylic acids is 1. The van der Waals surface area contributed by atoms with Crippen LogP contribution in [0.2, 0.25) is 0 Å². The second-order valence-corrected chi connectivity index (χ2v) is 4.63. The zero-order valence-corrected chi connectivity index (χ0v) is 11.4. The maximum absolute atomic E-state index is 12.0. The van der Waals surface area contributed by atoms with Gasteiger partial charge in [-0.2, -0.15) is 0 Å². The van der Waals surface area contributed by atoms with Crippen molar-refractivity contribution >= 4 is 17.8 Å². The van der Waals surface area contributed by atoms with Gasteiger partial charge in [-0.25, -0.2) is 4.79 Å². The van der Waals surface area contributed by atoms with Gasteiger partial charge in [-0.05, 0) is 54.5 Å². The molecule has 0 bridgehead atoms. The highest BCUT2D eigenvalue weighted by Crippen LogP contribution is 2.18. The van der Waals surface area contributed by atoms with E-state index in [0.29, 0.717) is 16.7 Å². The molecule has 0 saturated heterocycles. The van der Waals surface area contributed by atoms with E-state index in [-0.39, 0.29) is 17.1 Å². The Hall–Kier alpha value is -2.88. The number of phenolic OH excluding ortho intramolecular Hbond substituents is 1. The molecule has 2 N–H and O–H groups in total. The number of allylic oxidation sites excluding steroid dienone is 1. The van der Waals surface area contributed by atoms with E-state index in [1.807, 2.05) is 0 Å². The average molecular weight is 282 g/mol. The number of aromatic hydroxyl groups is 1. The lowest BCUT2D eigenvalue weighted by Crippen LogP contribution is -1.96. The Morgan fingerprint density at radius 2 is 1.81 bits per heavy atom. The van der Waals surface area contributed by atoms with Gasteiger partial charge in [0.15, 0.2) is 5.78 Å². The Bertz CT molecular complexity index is 729. The molecule has 0 unspecified atom stereocenters. The van der Waals surface area contributed by atoms with Crippen molar-refractivity contribution in [1.82, 2.24) is 0 Å². The molecule has 0 amide bonds. The van der Waals surface area contributed by atoms with Crippen LogP contribution in [0.3, 0.4) is 0 Å². The van der Waals surface area contributed by atoms with Gasteiger partial charge >= 0.3 is 5.97 Å². The van der Waals surface area contributed by atoms with Crippen LogP contribution in [0.4, 0.5) is 0 Å². The molecule has 2 aromatic carbocycles. The molecule has 0 radical (unpaired) electrons. The van der Waals surface area contributed by atoms with Gasteiger partial charge < -0.3 is 10.2 Å². The van der Waals surface area contributed by atoms with E-state index in [2.05, 4.69) is 0 Å². The number of benzene rings is 2. The number of carbonyl (C=O) groups is 2. The second-order valence-electron chi connectivity index (χ2n) is 4.63. The lowest BCUT2D eigenvalue weighted by molar-refractivity contribution is 0.0696. The van der Waals surface area contributed by atoms with E-state index in [1.54, 1.807) is 37.3 Å². The van der Waals surface area contributed by atoms with Crippen molar-refractivity contribution in [3.63, 3.8) is 0 Å². The number of rotatable bonds is 4. The van der Waals surface area contributed by atoms with Crippen molar-refractivity contribution < 1.29 is 19.8 Å². The molecule has 0 heterocycles. The molecule has 0 atom stereocenters. The molecule has 0 aliphatic heterocycles. The predicted octanol–water partition coefficient (Wildman–Crippen LogP) is 3.29. The van der Waals surface area contributed by atoms with E-state index in [9.17, 15) is 14.7 Å². The van der Waals surface area contributed by atoms with E-state index in [0.717, 1.165) is 0 Å². The minimum atomic E-state index is -1.01. The van der Waals surface area contributed by atoms with Crippen LogP contribution in [0.1, 0.15) is 31.8 Å². The van der Waals surface area contributed by atoms with Gasteiger partial charge in [0.1, 0.15) is 5.75 Å². The summed E-state index contributed by atoms with van der Waals surface area (Å²) in [6, 6.07) is 11.0. The Morgan fingerprint density at radius 1 is 1.05 bits per heavy atom. The molecule has 4 nitrogen and oxygen atoms in total. The molecule has 0 fully saturated rings. The third kappa shape index (κ3) is 3.57. The fourth-order valence-electron chi connectivity index (χ4n) is 1.85. The molecule has 2 aromatic rings. The molecule has 0 spiro atoms. The lowest BCUT2D eigenvalue weighted by Gasteiger charge is -2.01. The SMILES string of the molecule is Cc1cc(C(=O)C=Cc2cccc(C(=O)O)c2)ccc1O. The first-order valence-electron chi connectivity index (χ1n) is 6.33. The van der Waals surface area contributed by atoms with E-state index < -0.39 is 5.97 Å². The molecular formula is C17H14O4. The summed E-state index contributed by atoms with van der Waals surface area (Å²) in [7, 11) is 0. The van der Waals surface area contributed by atoms with Crippen molar-refractivity contribution in [2.45, 2.75) is 6.92 Å². The normalized spacial score (nSPS) is 10.7. The van der Waals surface area contributed by atoms with Crippen LogP contribution in [0.5, 0.6) is 5.75 Å². The molecule has 106 valence electrons. The first-order chi connectivity index (χ1) is 9.97. The number of ketones is 1. The smallest absolute Gasteiger partial charge is 0.335 e. The fraction of sp³-hybridized carbons (Fsp3) is 0.0588. The monoisotopic (exact) mass is 282 g/mol. The largest absolute Gasteiger partial charge is 0.508 e. The van der Waals surface area contributed by atoms with E-state index in [4.69, 9.17) is 5.11 Å². The Balaban J connectivity index is 2.20. The summed E-state index contributed by atoms with van der Waals surface area (Å²) in [6.45, 7) is 1.71. The van der Waals surface area contributed by atoms with E-state index >= 15 is 0 Å². The van der Waals surface area contributed by atoms with Crippen LogP contribution in [0.15, 0.2) is 48.5 Å². The summed E-state index contributed by atoms with van der Waals surface area (Å²) in [4.78, 5) is 22.9. The Kier molecular flexibility index (Phi) is 4.18. The maximum Gasteiger partial charge on any atom is 0.335 e. The topological polar surface area (TPSA) is 74.6 Å². The minimum absolute atomic E-state index is 0.143. The Labute approximate surface area is 122 Å². The molecular weight excluding hydrogens is 268 g/mol. The van der Waals surface area contributed by atoms with Gasteiger partial charge in [0.2, 0.25) is 0 Å². The van der Waals surface area contributed by atoms with Gasteiger partial charge in [-0.3, -0.25) is 4.79 Å². The molecule has 4 heteroatoms. The summed E-state index contributed by atoms with van der Waals surface area (Å²) in [6.07, 6.45) is 2.95.